The van der Waals surface area contributed by atoms with E-state index in [2.05, 4.69) is 10.0 Å². The average Bonchev–Trinajstić information content (AvgIpc) is 3.01. The smallest absolute Gasteiger partial charge is 0.282 e. The summed E-state index contributed by atoms with van der Waals surface area (Å²) in [6.45, 7) is 2.92. The van der Waals surface area contributed by atoms with E-state index in [4.69, 9.17) is 4.74 Å². The summed E-state index contributed by atoms with van der Waals surface area (Å²) in [5.74, 6) is -0.100. The first-order valence-electron chi connectivity index (χ1n) is 8.40. The molecule has 2 aromatic rings. The van der Waals surface area contributed by atoms with Crippen LogP contribution in [0.15, 0.2) is 77.5 Å². The van der Waals surface area contributed by atoms with E-state index >= 15 is 0 Å². The van der Waals surface area contributed by atoms with E-state index in [1.54, 1.807) is 0 Å². The number of ether oxygens (including phenoxy) is 1. The third kappa shape index (κ3) is 3.19. The minimum atomic E-state index is -0.100. The van der Waals surface area contributed by atoms with Crippen LogP contribution in [0.5, 0.6) is 0 Å². The summed E-state index contributed by atoms with van der Waals surface area (Å²) in [6, 6.07) is 19.4. The molecular weight excluding hydrogens is 314 g/mol. The Hall–Kier alpha value is -2.92. The van der Waals surface area contributed by atoms with E-state index < -0.39 is 0 Å². The molecular formula is C20H19N3O2. The Morgan fingerprint density at radius 3 is 2.24 bits per heavy atom. The second-order valence-corrected chi connectivity index (χ2v) is 5.96. The molecule has 1 saturated heterocycles. The fraction of sp³-hybridized carbons (Fsp3) is 0.200. The van der Waals surface area contributed by atoms with E-state index in [-0.39, 0.29) is 5.91 Å². The van der Waals surface area contributed by atoms with Gasteiger partial charge in [-0.05, 0) is 12.1 Å². The Bertz CT molecular complexity index is 809. The lowest BCUT2D eigenvalue weighted by molar-refractivity contribution is -0.114. The largest absolute Gasteiger partial charge is 0.378 e. The Kier molecular flexibility index (Phi) is 4.31. The van der Waals surface area contributed by atoms with Crippen molar-refractivity contribution in [3.8, 4) is 0 Å². The van der Waals surface area contributed by atoms with Gasteiger partial charge in [0.2, 0.25) is 0 Å². The summed E-state index contributed by atoms with van der Waals surface area (Å²) in [4.78, 5) is 15.2. The normalized spacial score (nSPS) is 19.4. The molecule has 0 bridgehead atoms. The number of benzene rings is 2. The predicted molar refractivity (Wildman–Crippen MR) is 97.4 cm³/mol. The molecule has 5 heteroatoms. The third-order valence-corrected chi connectivity index (χ3v) is 4.28. The van der Waals surface area contributed by atoms with Crippen molar-refractivity contribution < 1.29 is 9.53 Å². The highest BCUT2D eigenvalue weighted by atomic mass is 16.5. The standard InChI is InChI=1S/C20H19N3O2/c24-20-18(15-22-11-13-25-14-12-22)19(16-7-3-1-4-8-16)21-23(20)17-9-5-2-6-10-17/h1-10,15H,11-14H2. The molecule has 4 rings (SSSR count). The van der Waals surface area contributed by atoms with Crippen LogP contribution in [0.1, 0.15) is 5.56 Å². The molecule has 0 aromatic heterocycles. The van der Waals surface area contributed by atoms with Crippen LogP contribution in [0, 0.1) is 0 Å². The highest BCUT2D eigenvalue weighted by Gasteiger charge is 2.32. The Morgan fingerprint density at radius 1 is 0.920 bits per heavy atom. The molecule has 2 aliphatic rings. The van der Waals surface area contributed by atoms with Crippen molar-refractivity contribution in [3.63, 3.8) is 0 Å². The average molecular weight is 333 g/mol. The zero-order valence-corrected chi connectivity index (χ0v) is 13.8. The number of hydrogen-bond donors (Lipinski definition) is 0. The number of carbonyl (C=O) groups is 1. The summed E-state index contributed by atoms with van der Waals surface area (Å²) in [7, 11) is 0. The van der Waals surface area contributed by atoms with Crippen LogP contribution in [0.4, 0.5) is 5.69 Å². The van der Waals surface area contributed by atoms with Gasteiger partial charge < -0.3 is 9.64 Å². The second-order valence-electron chi connectivity index (χ2n) is 5.96. The number of anilines is 1. The van der Waals surface area contributed by atoms with Gasteiger partial charge >= 0.3 is 0 Å². The van der Waals surface area contributed by atoms with Gasteiger partial charge in [-0.1, -0.05) is 48.5 Å². The van der Waals surface area contributed by atoms with Gasteiger partial charge in [-0.15, -0.1) is 0 Å². The van der Waals surface area contributed by atoms with Crippen LogP contribution in [-0.4, -0.2) is 42.8 Å². The van der Waals surface area contributed by atoms with Gasteiger partial charge in [0.1, 0.15) is 5.71 Å². The van der Waals surface area contributed by atoms with E-state index in [0.717, 1.165) is 24.3 Å². The van der Waals surface area contributed by atoms with E-state index in [0.29, 0.717) is 24.5 Å². The SMILES string of the molecule is O=C1C(=CN2CCOCC2)C(c2ccccc2)=NN1c1ccccc1. The molecule has 0 atom stereocenters. The lowest BCUT2D eigenvalue weighted by Crippen LogP contribution is -2.33. The van der Waals surface area contributed by atoms with Crippen LogP contribution >= 0.6 is 0 Å². The number of rotatable bonds is 3. The van der Waals surface area contributed by atoms with Crippen LogP contribution in [0.2, 0.25) is 0 Å². The van der Waals surface area contributed by atoms with Gasteiger partial charge in [-0.3, -0.25) is 4.79 Å². The number of hydrogen-bond acceptors (Lipinski definition) is 4. The van der Waals surface area contributed by atoms with Crippen LogP contribution in [0.25, 0.3) is 0 Å². The number of para-hydroxylation sites is 1. The fourth-order valence-electron chi connectivity index (χ4n) is 2.97. The maximum atomic E-state index is 13.0. The van der Waals surface area contributed by atoms with Crippen LogP contribution < -0.4 is 5.01 Å². The highest BCUT2D eigenvalue weighted by molar-refractivity contribution is 6.35. The van der Waals surface area contributed by atoms with Crippen LogP contribution in [-0.2, 0) is 9.53 Å². The molecule has 126 valence electrons. The van der Waals surface area contributed by atoms with E-state index in [9.17, 15) is 4.79 Å². The molecule has 0 spiro atoms. The first-order chi connectivity index (χ1) is 12.3. The minimum Gasteiger partial charge on any atom is -0.378 e. The zero-order valence-electron chi connectivity index (χ0n) is 13.8. The Morgan fingerprint density at radius 2 is 1.56 bits per heavy atom. The molecule has 2 heterocycles. The van der Waals surface area contributed by atoms with Crippen molar-refractivity contribution in [1.82, 2.24) is 4.90 Å². The molecule has 1 fully saturated rings. The molecule has 0 saturated carbocycles. The fourth-order valence-corrected chi connectivity index (χ4v) is 2.97. The molecule has 0 radical (unpaired) electrons. The van der Waals surface area contributed by atoms with Crippen molar-refractivity contribution in [2.45, 2.75) is 0 Å². The maximum Gasteiger partial charge on any atom is 0.282 e. The van der Waals surface area contributed by atoms with Gasteiger partial charge in [-0.25, -0.2) is 0 Å². The van der Waals surface area contributed by atoms with Gasteiger partial charge in [0.15, 0.2) is 0 Å². The maximum absolute atomic E-state index is 13.0. The lowest BCUT2D eigenvalue weighted by Gasteiger charge is -2.25. The summed E-state index contributed by atoms with van der Waals surface area (Å²) in [6.07, 6.45) is 1.93. The van der Waals surface area contributed by atoms with Crippen molar-refractivity contribution in [1.29, 1.82) is 0 Å². The van der Waals surface area contributed by atoms with Gasteiger partial charge in [0.05, 0.1) is 24.5 Å². The van der Waals surface area contributed by atoms with Crippen molar-refractivity contribution >= 4 is 17.3 Å². The third-order valence-electron chi connectivity index (χ3n) is 4.28. The quantitative estimate of drug-likeness (QED) is 0.811. The van der Waals surface area contributed by atoms with Gasteiger partial charge in [-0.2, -0.15) is 10.1 Å². The van der Waals surface area contributed by atoms with E-state index in [1.165, 1.54) is 5.01 Å². The van der Waals surface area contributed by atoms with Gasteiger partial charge in [0.25, 0.3) is 5.91 Å². The molecule has 0 N–H and O–H groups in total. The molecule has 0 aliphatic carbocycles. The second kappa shape index (κ2) is 6.91. The lowest BCUT2D eigenvalue weighted by atomic mass is 10.0. The molecule has 2 aromatic carbocycles. The highest BCUT2D eigenvalue weighted by Crippen LogP contribution is 2.26. The van der Waals surface area contributed by atoms with Crippen molar-refractivity contribution in [2.24, 2.45) is 5.10 Å². The summed E-state index contributed by atoms with van der Waals surface area (Å²) >= 11 is 0. The molecule has 0 unspecified atom stereocenters. The number of amides is 1. The van der Waals surface area contributed by atoms with Gasteiger partial charge in [0, 0.05) is 24.9 Å². The minimum absolute atomic E-state index is 0.100. The predicted octanol–water partition coefficient (Wildman–Crippen LogP) is 2.65. The molecule has 5 nitrogen and oxygen atoms in total. The molecule has 2 aliphatic heterocycles. The Balaban J connectivity index is 1.74. The molecule has 1 amide bonds. The summed E-state index contributed by atoms with van der Waals surface area (Å²) < 4.78 is 5.40. The zero-order chi connectivity index (χ0) is 17.1. The number of hydrazone groups is 1. The summed E-state index contributed by atoms with van der Waals surface area (Å²) in [5, 5.41) is 6.11. The number of morpholine rings is 1. The molecule has 25 heavy (non-hydrogen) atoms. The first-order valence-corrected chi connectivity index (χ1v) is 8.40. The first kappa shape index (κ1) is 15.6. The summed E-state index contributed by atoms with van der Waals surface area (Å²) in [5.41, 5.74) is 3.04. The monoisotopic (exact) mass is 333 g/mol. The Labute approximate surface area is 146 Å². The van der Waals surface area contributed by atoms with Crippen LogP contribution in [0.3, 0.4) is 0 Å². The topological polar surface area (TPSA) is 45.1 Å². The van der Waals surface area contributed by atoms with Crippen molar-refractivity contribution in [2.75, 3.05) is 31.3 Å². The van der Waals surface area contributed by atoms with Crippen molar-refractivity contribution in [3.05, 3.63) is 78.0 Å². The number of nitrogens with zero attached hydrogens (tertiary/aromatic N) is 3. The number of carbonyl (C=O) groups excluding carboxylic acids is 1. The van der Waals surface area contributed by atoms with E-state index in [1.807, 2.05) is 66.9 Å².